The molecule has 0 amide bonds. The van der Waals surface area contributed by atoms with Crippen LogP contribution in [0.25, 0.3) is 21.8 Å². The standard InChI is InChI=1S/C15H9ClNOS/c16-12-5-1-4-11(7-12)15-17-14(9-19-15)10-3-2-6-13(18)8-10/h1-2,4-9,18H. The smallest absolute Gasteiger partial charge is 0.124 e. The molecule has 0 aliphatic heterocycles. The molecule has 2 nitrogen and oxygen atoms in total. The number of phenolic OH excluding ortho intramolecular Hbond substituents is 1. The highest BCUT2D eigenvalue weighted by Crippen LogP contribution is 2.30. The van der Waals surface area contributed by atoms with E-state index in [0.717, 1.165) is 21.8 Å². The van der Waals surface area contributed by atoms with Crippen LogP contribution in [0.3, 0.4) is 0 Å². The molecule has 0 aliphatic carbocycles. The van der Waals surface area contributed by atoms with Crippen molar-refractivity contribution in [2.75, 3.05) is 0 Å². The van der Waals surface area contributed by atoms with Gasteiger partial charge in [-0.2, -0.15) is 0 Å². The molecular formula is C15H9ClNOS. The number of hydrogen-bond acceptors (Lipinski definition) is 3. The molecule has 1 N–H and O–H groups in total. The van der Waals surface area contributed by atoms with Crippen LogP contribution in [0.2, 0.25) is 5.02 Å². The minimum atomic E-state index is 0.214. The Bertz CT molecular complexity index is 663. The average Bonchev–Trinajstić information content (AvgIpc) is 2.88. The van der Waals surface area contributed by atoms with Gasteiger partial charge in [0.2, 0.25) is 0 Å². The Hall–Kier alpha value is -1.84. The highest BCUT2D eigenvalue weighted by Gasteiger charge is 2.07. The number of benzene rings is 2. The van der Waals surface area contributed by atoms with E-state index >= 15 is 0 Å². The quantitative estimate of drug-likeness (QED) is 0.745. The van der Waals surface area contributed by atoms with Crippen LogP contribution in [-0.2, 0) is 0 Å². The summed E-state index contributed by atoms with van der Waals surface area (Å²) in [6, 6.07) is 15.6. The van der Waals surface area contributed by atoms with Crippen molar-refractivity contribution in [1.82, 2.24) is 4.98 Å². The number of thiazole rings is 1. The van der Waals surface area contributed by atoms with Crippen molar-refractivity contribution in [3.8, 4) is 27.6 Å². The van der Waals surface area contributed by atoms with Crippen molar-refractivity contribution in [3.63, 3.8) is 0 Å². The van der Waals surface area contributed by atoms with Crippen molar-refractivity contribution in [3.05, 3.63) is 58.9 Å². The molecule has 0 unspecified atom stereocenters. The van der Waals surface area contributed by atoms with Crippen LogP contribution in [0, 0.1) is 6.07 Å². The minimum absolute atomic E-state index is 0.214. The minimum Gasteiger partial charge on any atom is -0.508 e. The van der Waals surface area contributed by atoms with Gasteiger partial charge in [-0.15, -0.1) is 11.3 Å². The molecule has 0 atom stereocenters. The van der Waals surface area contributed by atoms with E-state index in [1.807, 2.05) is 29.6 Å². The maximum absolute atomic E-state index is 9.47. The number of nitrogens with zero attached hydrogens (tertiary/aromatic N) is 1. The lowest BCUT2D eigenvalue weighted by molar-refractivity contribution is 0.475. The van der Waals surface area contributed by atoms with E-state index in [1.54, 1.807) is 29.5 Å². The molecule has 1 aromatic heterocycles. The second kappa shape index (κ2) is 5.03. The highest BCUT2D eigenvalue weighted by atomic mass is 35.5. The largest absolute Gasteiger partial charge is 0.508 e. The predicted octanol–water partition coefficient (Wildman–Crippen LogP) is 4.64. The second-order valence-corrected chi connectivity index (χ2v) is 5.30. The van der Waals surface area contributed by atoms with Crippen LogP contribution in [0.1, 0.15) is 0 Å². The van der Waals surface area contributed by atoms with E-state index in [0.29, 0.717) is 5.02 Å². The van der Waals surface area contributed by atoms with Gasteiger partial charge in [-0.1, -0.05) is 29.8 Å². The highest BCUT2D eigenvalue weighted by molar-refractivity contribution is 7.13. The van der Waals surface area contributed by atoms with Crippen molar-refractivity contribution < 1.29 is 5.11 Å². The van der Waals surface area contributed by atoms with Gasteiger partial charge in [0.25, 0.3) is 0 Å². The van der Waals surface area contributed by atoms with E-state index in [1.165, 1.54) is 0 Å². The molecule has 0 fully saturated rings. The zero-order valence-corrected chi connectivity index (χ0v) is 11.4. The summed E-state index contributed by atoms with van der Waals surface area (Å²) >= 11 is 7.52. The van der Waals surface area contributed by atoms with Crippen molar-refractivity contribution in [1.29, 1.82) is 0 Å². The van der Waals surface area contributed by atoms with E-state index in [9.17, 15) is 5.11 Å². The van der Waals surface area contributed by atoms with Gasteiger partial charge in [-0.3, -0.25) is 0 Å². The third-order valence-electron chi connectivity index (χ3n) is 2.64. The molecule has 2 aromatic carbocycles. The molecule has 4 heteroatoms. The molecule has 1 radical (unpaired) electrons. The average molecular weight is 287 g/mol. The summed E-state index contributed by atoms with van der Waals surface area (Å²) in [5.41, 5.74) is 2.57. The zero-order valence-electron chi connectivity index (χ0n) is 9.80. The van der Waals surface area contributed by atoms with Crippen molar-refractivity contribution in [2.45, 2.75) is 0 Å². The summed E-state index contributed by atoms with van der Waals surface area (Å²) < 4.78 is 0. The first kappa shape index (κ1) is 12.2. The van der Waals surface area contributed by atoms with Crippen LogP contribution >= 0.6 is 22.9 Å². The summed E-state index contributed by atoms with van der Waals surface area (Å²) in [7, 11) is 0. The van der Waals surface area contributed by atoms with Gasteiger partial charge in [0.05, 0.1) is 5.69 Å². The Morgan fingerprint density at radius 2 is 2.11 bits per heavy atom. The number of hydrogen-bond donors (Lipinski definition) is 1. The monoisotopic (exact) mass is 286 g/mol. The van der Waals surface area contributed by atoms with Gasteiger partial charge in [-0.25, -0.2) is 4.98 Å². The molecule has 19 heavy (non-hydrogen) atoms. The van der Waals surface area contributed by atoms with Crippen LogP contribution in [0.4, 0.5) is 0 Å². The number of phenols is 1. The molecular weight excluding hydrogens is 278 g/mol. The Morgan fingerprint density at radius 1 is 1.21 bits per heavy atom. The Morgan fingerprint density at radius 3 is 2.89 bits per heavy atom. The normalized spacial score (nSPS) is 10.6. The predicted molar refractivity (Wildman–Crippen MR) is 78.5 cm³/mol. The van der Waals surface area contributed by atoms with E-state index in [4.69, 9.17) is 11.6 Å². The maximum Gasteiger partial charge on any atom is 0.124 e. The van der Waals surface area contributed by atoms with Crippen LogP contribution in [0.5, 0.6) is 5.75 Å². The molecule has 0 saturated heterocycles. The summed E-state index contributed by atoms with van der Waals surface area (Å²) in [6.45, 7) is 0. The first-order chi connectivity index (χ1) is 9.22. The van der Waals surface area contributed by atoms with Gasteiger partial charge in [-0.05, 0) is 30.3 Å². The molecule has 1 heterocycles. The van der Waals surface area contributed by atoms with Crippen LogP contribution in [0.15, 0.2) is 47.8 Å². The topological polar surface area (TPSA) is 33.1 Å². The number of aromatic hydroxyl groups is 1. The van der Waals surface area contributed by atoms with E-state index < -0.39 is 0 Å². The lowest BCUT2D eigenvalue weighted by atomic mass is 10.1. The first-order valence-corrected chi connectivity index (χ1v) is 6.91. The SMILES string of the molecule is Oc1cc[c]c(-c2csc(-c3cccc(Cl)c3)n2)c1. The zero-order chi connectivity index (χ0) is 13.2. The Balaban J connectivity index is 2.00. The Labute approximate surface area is 120 Å². The number of halogens is 1. The third kappa shape index (κ3) is 2.62. The summed E-state index contributed by atoms with van der Waals surface area (Å²) in [4.78, 5) is 4.55. The molecule has 3 aromatic rings. The van der Waals surface area contributed by atoms with Gasteiger partial charge >= 0.3 is 0 Å². The van der Waals surface area contributed by atoms with Crippen LogP contribution in [-0.4, -0.2) is 10.1 Å². The fourth-order valence-electron chi connectivity index (χ4n) is 1.75. The van der Waals surface area contributed by atoms with Gasteiger partial charge < -0.3 is 5.11 Å². The van der Waals surface area contributed by atoms with E-state index in [-0.39, 0.29) is 5.75 Å². The van der Waals surface area contributed by atoms with Crippen molar-refractivity contribution >= 4 is 22.9 Å². The number of rotatable bonds is 2. The third-order valence-corrected chi connectivity index (χ3v) is 3.76. The maximum atomic E-state index is 9.47. The lowest BCUT2D eigenvalue weighted by Crippen LogP contribution is -1.80. The van der Waals surface area contributed by atoms with Crippen LogP contribution < -0.4 is 0 Å². The summed E-state index contributed by atoms with van der Waals surface area (Å²) in [5, 5.41) is 13.0. The molecule has 93 valence electrons. The molecule has 0 spiro atoms. The first-order valence-electron chi connectivity index (χ1n) is 5.65. The molecule has 3 rings (SSSR count). The van der Waals surface area contributed by atoms with Gasteiger partial charge in [0.1, 0.15) is 10.8 Å². The van der Waals surface area contributed by atoms with E-state index in [2.05, 4.69) is 11.1 Å². The number of aromatic nitrogens is 1. The summed E-state index contributed by atoms with van der Waals surface area (Å²) in [5.74, 6) is 0.214. The van der Waals surface area contributed by atoms with Gasteiger partial charge in [0, 0.05) is 21.5 Å². The molecule has 0 aliphatic rings. The molecule has 0 saturated carbocycles. The lowest BCUT2D eigenvalue weighted by Gasteiger charge is -1.98. The van der Waals surface area contributed by atoms with Crippen molar-refractivity contribution in [2.24, 2.45) is 0 Å². The summed E-state index contributed by atoms with van der Waals surface area (Å²) in [6.07, 6.45) is 0. The van der Waals surface area contributed by atoms with Gasteiger partial charge in [0.15, 0.2) is 0 Å². The second-order valence-electron chi connectivity index (χ2n) is 4.01. The molecule has 0 bridgehead atoms. The Kier molecular flexibility index (Phi) is 3.23. The fraction of sp³-hybridized carbons (Fsp3) is 0. The fourth-order valence-corrected chi connectivity index (χ4v) is 2.76.